The van der Waals surface area contributed by atoms with Crippen LogP contribution >= 0.6 is 22.9 Å². The minimum atomic E-state index is -0.0917. The lowest BCUT2D eigenvalue weighted by atomic mass is 10.3. The van der Waals surface area contributed by atoms with Gasteiger partial charge in [-0.05, 0) is 17.5 Å². The molecule has 8 heteroatoms. The molecule has 128 valence electrons. The maximum absolute atomic E-state index is 12.7. The maximum Gasteiger partial charge on any atom is 0.274 e. The van der Waals surface area contributed by atoms with Crippen molar-refractivity contribution in [1.82, 2.24) is 20.1 Å². The number of likely N-dealkylation sites (tertiary alicyclic amines) is 1. The molecule has 0 aromatic carbocycles. The van der Waals surface area contributed by atoms with Gasteiger partial charge in [-0.3, -0.25) is 14.9 Å². The first kappa shape index (κ1) is 16.1. The molecule has 3 aromatic heterocycles. The van der Waals surface area contributed by atoms with Crippen LogP contribution in [0.4, 0.5) is 0 Å². The first-order chi connectivity index (χ1) is 12.2. The number of pyridine rings is 1. The van der Waals surface area contributed by atoms with E-state index < -0.39 is 0 Å². The second-order valence-corrected chi connectivity index (χ2v) is 7.08. The highest BCUT2D eigenvalue weighted by molar-refractivity contribution is 7.13. The largest absolute Gasteiger partial charge is 0.487 e. The number of hydrogen-bond acceptors (Lipinski definition) is 5. The van der Waals surface area contributed by atoms with E-state index in [2.05, 4.69) is 15.2 Å². The molecule has 1 aliphatic rings. The van der Waals surface area contributed by atoms with Gasteiger partial charge in [-0.2, -0.15) is 5.10 Å². The van der Waals surface area contributed by atoms with Gasteiger partial charge in [0.05, 0.1) is 17.1 Å². The normalized spacial score (nSPS) is 17.0. The fraction of sp³-hybridized carbons (Fsp3) is 0.235. The van der Waals surface area contributed by atoms with Crippen LogP contribution in [0.1, 0.15) is 16.9 Å². The Morgan fingerprint density at radius 2 is 2.36 bits per heavy atom. The number of halogens is 1. The van der Waals surface area contributed by atoms with Crippen molar-refractivity contribution in [2.75, 3.05) is 13.1 Å². The van der Waals surface area contributed by atoms with Crippen molar-refractivity contribution < 1.29 is 9.53 Å². The van der Waals surface area contributed by atoms with Crippen molar-refractivity contribution in [3.05, 3.63) is 52.8 Å². The molecule has 0 bridgehead atoms. The molecule has 1 N–H and O–H groups in total. The monoisotopic (exact) mass is 374 g/mol. The molecular weight excluding hydrogens is 360 g/mol. The molecule has 0 aliphatic carbocycles. The van der Waals surface area contributed by atoms with Crippen molar-refractivity contribution >= 4 is 28.8 Å². The number of rotatable bonds is 4. The van der Waals surface area contributed by atoms with E-state index in [4.69, 9.17) is 16.3 Å². The highest BCUT2D eigenvalue weighted by Gasteiger charge is 2.30. The van der Waals surface area contributed by atoms with Crippen LogP contribution in [0.2, 0.25) is 5.02 Å². The summed E-state index contributed by atoms with van der Waals surface area (Å²) in [5, 5.41) is 9.55. The lowest BCUT2D eigenvalue weighted by Gasteiger charge is -2.16. The molecular formula is C17H15ClN4O2S. The van der Waals surface area contributed by atoms with Crippen molar-refractivity contribution in [3.8, 4) is 16.3 Å². The first-order valence-electron chi connectivity index (χ1n) is 7.85. The van der Waals surface area contributed by atoms with Crippen LogP contribution in [0.15, 0.2) is 42.0 Å². The third-order valence-corrected chi connectivity index (χ3v) is 5.23. The number of thiophene rings is 1. The third kappa shape index (κ3) is 3.38. The van der Waals surface area contributed by atoms with E-state index in [-0.39, 0.29) is 12.0 Å². The Kier molecular flexibility index (Phi) is 4.42. The highest BCUT2D eigenvalue weighted by Crippen LogP contribution is 2.27. The number of aromatic nitrogens is 3. The van der Waals surface area contributed by atoms with Crippen molar-refractivity contribution in [1.29, 1.82) is 0 Å². The molecule has 1 atom stereocenters. The topological polar surface area (TPSA) is 71.1 Å². The number of nitrogens with one attached hydrogen (secondary N) is 1. The molecule has 0 radical (unpaired) electrons. The summed E-state index contributed by atoms with van der Waals surface area (Å²) in [5.74, 6) is 0.502. The summed E-state index contributed by atoms with van der Waals surface area (Å²) in [6.07, 6.45) is 3.85. The number of aromatic amines is 1. The third-order valence-electron chi connectivity index (χ3n) is 4.04. The number of H-pyrrole nitrogens is 1. The quantitative estimate of drug-likeness (QED) is 0.758. The molecule has 4 rings (SSSR count). The second kappa shape index (κ2) is 6.85. The summed E-state index contributed by atoms with van der Waals surface area (Å²) in [7, 11) is 0. The molecule has 25 heavy (non-hydrogen) atoms. The second-order valence-electron chi connectivity index (χ2n) is 5.73. The fourth-order valence-corrected chi connectivity index (χ4v) is 3.65. The molecule has 1 amide bonds. The zero-order valence-corrected chi connectivity index (χ0v) is 14.8. The molecule has 3 aromatic rings. The van der Waals surface area contributed by atoms with E-state index >= 15 is 0 Å². The number of carbonyl (C=O) groups is 1. The van der Waals surface area contributed by atoms with Crippen molar-refractivity contribution in [3.63, 3.8) is 0 Å². The van der Waals surface area contributed by atoms with Gasteiger partial charge in [-0.1, -0.05) is 17.7 Å². The van der Waals surface area contributed by atoms with E-state index in [1.807, 2.05) is 17.5 Å². The lowest BCUT2D eigenvalue weighted by Crippen LogP contribution is -2.31. The van der Waals surface area contributed by atoms with E-state index in [1.54, 1.807) is 40.8 Å². The molecule has 1 unspecified atom stereocenters. The van der Waals surface area contributed by atoms with Crippen LogP contribution in [0.3, 0.4) is 0 Å². The number of ether oxygens (including phenoxy) is 1. The SMILES string of the molecule is O=C(c1cc(-c2cccs2)[nH]n1)N1CCC(Oc2ccncc2Cl)C1. The minimum Gasteiger partial charge on any atom is -0.487 e. The van der Waals surface area contributed by atoms with Gasteiger partial charge in [0.25, 0.3) is 5.91 Å². The van der Waals surface area contributed by atoms with Crippen LogP contribution in [0.25, 0.3) is 10.6 Å². The van der Waals surface area contributed by atoms with Gasteiger partial charge in [0.1, 0.15) is 16.9 Å². The summed E-state index contributed by atoms with van der Waals surface area (Å²) in [6.45, 7) is 1.14. The molecule has 1 aliphatic heterocycles. The zero-order valence-electron chi connectivity index (χ0n) is 13.2. The van der Waals surface area contributed by atoms with Crippen LogP contribution < -0.4 is 4.74 Å². The van der Waals surface area contributed by atoms with Gasteiger partial charge in [-0.25, -0.2) is 0 Å². The molecule has 1 saturated heterocycles. The van der Waals surface area contributed by atoms with Crippen LogP contribution in [-0.4, -0.2) is 45.2 Å². The number of hydrogen-bond donors (Lipinski definition) is 1. The number of carbonyl (C=O) groups excluding carboxylic acids is 1. The fourth-order valence-electron chi connectivity index (χ4n) is 2.80. The number of nitrogens with zero attached hydrogens (tertiary/aromatic N) is 3. The van der Waals surface area contributed by atoms with E-state index in [0.717, 1.165) is 17.0 Å². The van der Waals surface area contributed by atoms with E-state index in [1.165, 1.54) is 0 Å². The molecule has 4 heterocycles. The standard InChI is InChI=1S/C17H15ClN4O2S/c18-12-9-19-5-3-15(12)24-11-4-6-22(10-11)17(23)14-8-13(20-21-14)16-2-1-7-25-16/h1-3,5,7-9,11H,4,6,10H2,(H,20,21). The predicted molar refractivity (Wildman–Crippen MR) is 96.1 cm³/mol. The summed E-state index contributed by atoms with van der Waals surface area (Å²) in [6, 6.07) is 7.48. The average Bonchev–Trinajstić information content (AvgIpc) is 3.37. The predicted octanol–water partition coefficient (Wildman–Crippen LogP) is 3.48. The van der Waals surface area contributed by atoms with Crippen molar-refractivity contribution in [2.24, 2.45) is 0 Å². The van der Waals surface area contributed by atoms with Gasteiger partial charge >= 0.3 is 0 Å². The van der Waals surface area contributed by atoms with E-state index in [9.17, 15) is 4.79 Å². The van der Waals surface area contributed by atoms with Gasteiger partial charge in [-0.15, -0.1) is 11.3 Å². The molecule has 0 saturated carbocycles. The van der Waals surface area contributed by atoms with Gasteiger partial charge < -0.3 is 9.64 Å². The van der Waals surface area contributed by atoms with Gasteiger partial charge in [0, 0.05) is 31.4 Å². The highest BCUT2D eigenvalue weighted by atomic mass is 35.5. The van der Waals surface area contributed by atoms with Crippen molar-refractivity contribution in [2.45, 2.75) is 12.5 Å². The number of amides is 1. The zero-order chi connectivity index (χ0) is 17.2. The maximum atomic E-state index is 12.7. The smallest absolute Gasteiger partial charge is 0.274 e. The summed E-state index contributed by atoms with van der Waals surface area (Å²) in [5.41, 5.74) is 1.28. The molecule has 6 nitrogen and oxygen atoms in total. The Morgan fingerprint density at radius 1 is 1.44 bits per heavy atom. The Bertz CT molecular complexity index is 880. The summed E-state index contributed by atoms with van der Waals surface area (Å²) >= 11 is 7.67. The summed E-state index contributed by atoms with van der Waals surface area (Å²) < 4.78 is 5.89. The van der Waals surface area contributed by atoms with E-state index in [0.29, 0.717) is 29.6 Å². The van der Waals surface area contributed by atoms with Crippen LogP contribution in [-0.2, 0) is 0 Å². The first-order valence-corrected chi connectivity index (χ1v) is 9.11. The molecule has 1 fully saturated rings. The van der Waals surface area contributed by atoms with Gasteiger partial charge in [0.2, 0.25) is 0 Å². The van der Waals surface area contributed by atoms with Crippen LogP contribution in [0, 0.1) is 0 Å². The Morgan fingerprint density at radius 3 is 3.16 bits per heavy atom. The van der Waals surface area contributed by atoms with Gasteiger partial charge in [0.15, 0.2) is 5.69 Å². The Balaban J connectivity index is 1.41. The summed E-state index contributed by atoms with van der Waals surface area (Å²) in [4.78, 5) is 19.4. The molecule has 0 spiro atoms. The van der Waals surface area contributed by atoms with Crippen LogP contribution in [0.5, 0.6) is 5.75 Å². The average molecular weight is 375 g/mol. The Hall–Kier alpha value is -2.38. The lowest BCUT2D eigenvalue weighted by molar-refractivity contribution is 0.0766. The Labute approximate surface area is 153 Å². The minimum absolute atomic E-state index is 0.0837.